The van der Waals surface area contributed by atoms with E-state index in [0.717, 1.165) is 12.6 Å². The van der Waals surface area contributed by atoms with Crippen molar-refractivity contribution in [2.75, 3.05) is 32.8 Å². The third kappa shape index (κ3) is 2.59. The van der Waals surface area contributed by atoms with Crippen molar-refractivity contribution in [3.8, 4) is 0 Å². The summed E-state index contributed by atoms with van der Waals surface area (Å²) in [7, 11) is 0. The molecule has 18 heavy (non-hydrogen) atoms. The Morgan fingerprint density at radius 3 is 2.83 bits per heavy atom. The van der Waals surface area contributed by atoms with Crippen LogP contribution in [0.1, 0.15) is 45.4 Å². The van der Waals surface area contributed by atoms with E-state index in [9.17, 15) is 0 Å². The van der Waals surface area contributed by atoms with E-state index in [1.54, 1.807) is 0 Å². The molecule has 0 aromatic carbocycles. The minimum absolute atomic E-state index is 0.558. The van der Waals surface area contributed by atoms with E-state index in [1.807, 2.05) is 0 Å². The first-order valence-corrected chi connectivity index (χ1v) is 7.88. The molecule has 3 rings (SSSR count). The predicted molar refractivity (Wildman–Crippen MR) is 73.8 cm³/mol. The standard InChI is InChI=1S/C15H28N2O/c1-2-18-14-9-13(10-14)17-8-4-6-15(12-17)5-3-7-16-11-15/h13-14,16H,2-12H2,1H3. The number of nitrogens with one attached hydrogen (secondary N) is 1. The van der Waals surface area contributed by atoms with Gasteiger partial charge in [-0.1, -0.05) is 0 Å². The van der Waals surface area contributed by atoms with Gasteiger partial charge in [-0.3, -0.25) is 4.90 Å². The number of rotatable bonds is 3. The van der Waals surface area contributed by atoms with Crippen LogP contribution < -0.4 is 5.32 Å². The van der Waals surface area contributed by atoms with Gasteiger partial charge in [0.2, 0.25) is 0 Å². The number of hydrogen-bond acceptors (Lipinski definition) is 3. The molecular formula is C15H28N2O. The van der Waals surface area contributed by atoms with Crippen molar-refractivity contribution in [1.82, 2.24) is 10.2 Å². The van der Waals surface area contributed by atoms with Crippen LogP contribution in [0.15, 0.2) is 0 Å². The Balaban J connectivity index is 1.52. The molecule has 1 spiro atoms. The summed E-state index contributed by atoms with van der Waals surface area (Å²) >= 11 is 0. The smallest absolute Gasteiger partial charge is 0.0604 e. The largest absolute Gasteiger partial charge is 0.378 e. The molecule has 0 radical (unpaired) electrons. The molecule has 3 fully saturated rings. The Kier molecular flexibility index (Phi) is 3.92. The highest BCUT2D eigenvalue weighted by molar-refractivity contribution is 4.96. The average Bonchev–Trinajstić information content (AvgIpc) is 2.34. The highest BCUT2D eigenvalue weighted by atomic mass is 16.5. The van der Waals surface area contributed by atoms with Gasteiger partial charge in [-0.15, -0.1) is 0 Å². The van der Waals surface area contributed by atoms with E-state index in [-0.39, 0.29) is 0 Å². The summed E-state index contributed by atoms with van der Waals surface area (Å²) < 4.78 is 5.70. The zero-order valence-corrected chi connectivity index (χ0v) is 11.8. The van der Waals surface area contributed by atoms with E-state index in [4.69, 9.17) is 4.74 Å². The summed E-state index contributed by atoms with van der Waals surface area (Å²) in [5.41, 5.74) is 0.604. The molecule has 3 aliphatic rings. The van der Waals surface area contributed by atoms with Gasteiger partial charge in [0.1, 0.15) is 0 Å². The first-order valence-electron chi connectivity index (χ1n) is 7.88. The van der Waals surface area contributed by atoms with Gasteiger partial charge in [-0.2, -0.15) is 0 Å². The van der Waals surface area contributed by atoms with E-state index in [1.165, 1.54) is 64.7 Å². The third-order valence-corrected chi connectivity index (χ3v) is 5.24. The van der Waals surface area contributed by atoms with Crippen LogP contribution in [-0.4, -0.2) is 49.8 Å². The molecule has 2 aliphatic heterocycles. The molecule has 0 amide bonds. The summed E-state index contributed by atoms with van der Waals surface area (Å²) in [6.45, 7) is 8.14. The summed E-state index contributed by atoms with van der Waals surface area (Å²) in [6.07, 6.45) is 8.77. The first-order chi connectivity index (χ1) is 8.81. The van der Waals surface area contributed by atoms with E-state index < -0.39 is 0 Å². The molecule has 1 aliphatic carbocycles. The Morgan fingerprint density at radius 2 is 2.11 bits per heavy atom. The van der Waals surface area contributed by atoms with Crippen LogP contribution in [0.4, 0.5) is 0 Å². The lowest BCUT2D eigenvalue weighted by Crippen LogP contribution is -2.57. The van der Waals surface area contributed by atoms with Gasteiger partial charge >= 0.3 is 0 Å². The molecule has 2 heterocycles. The highest BCUT2D eigenvalue weighted by Crippen LogP contribution is 2.39. The van der Waals surface area contributed by atoms with Crippen molar-refractivity contribution in [2.45, 2.75) is 57.6 Å². The van der Waals surface area contributed by atoms with Crippen LogP contribution in [0.5, 0.6) is 0 Å². The number of ether oxygens (including phenoxy) is 1. The maximum absolute atomic E-state index is 5.70. The molecule has 0 bridgehead atoms. The monoisotopic (exact) mass is 252 g/mol. The third-order valence-electron chi connectivity index (χ3n) is 5.24. The van der Waals surface area contributed by atoms with Gasteiger partial charge in [0, 0.05) is 25.7 Å². The second-order valence-corrected chi connectivity index (χ2v) is 6.56. The molecule has 3 nitrogen and oxygen atoms in total. The van der Waals surface area contributed by atoms with Crippen LogP contribution in [-0.2, 0) is 4.74 Å². The van der Waals surface area contributed by atoms with Crippen molar-refractivity contribution in [3.05, 3.63) is 0 Å². The van der Waals surface area contributed by atoms with Gasteiger partial charge in [0.25, 0.3) is 0 Å². The topological polar surface area (TPSA) is 24.5 Å². The molecule has 2 saturated heterocycles. The van der Waals surface area contributed by atoms with Gasteiger partial charge in [0.05, 0.1) is 6.10 Å². The second-order valence-electron chi connectivity index (χ2n) is 6.56. The fourth-order valence-corrected chi connectivity index (χ4v) is 4.14. The maximum Gasteiger partial charge on any atom is 0.0604 e. The van der Waals surface area contributed by atoms with Gasteiger partial charge in [-0.25, -0.2) is 0 Å². The predicted octanol–water partition coefficient (Wildman–Crippen LogP) is 2.02. The Bertz CT molecular complexity index is 264. The Hall–Kier alpha value is -0.120. The van der Waals surface area contributed by atoms with Crippen molar-refractivity contribution in [1.29, 1.82) is 0 Å². The molecule has 1 saturated carbocycles. The van der Waals surface area contributed by atoms with Crippen LogP contribution >= 0.6 is 0 Å². The lowest BCUT2D eigenvalue weighted by atomic mass is 9.73. The quantitative estimate of drug-likeness (QED) is 0.831. The summed E-state index contributed by atoms with van der Waals surface area (Å²) in [5.74, 6) is 0. The van der Waals surface area contributed by atoms with Crippen molar-refractivity contribution in [2.24, 2.45) is 5.41 Å². The first kappa shape index (κ1) is 12.9. The number of piperidine rings is 2. The van der Waals surface area contributed by atoms with Crippen molar-refractivity contribution < 1.29 is 4.74 Å². The Labute approximate surface area is 111 Å². The zero-order chi connectivity index (χ0) is 12.4. The Morgan fingerprint density at radius 1 is 1.28 bits per heavy atom. The highest BCUT2D eigenvalue weighted by Gasteiger charge is 2.42. The van der Waals surface area contributed by atoms with Crippen LogP contribution in [0, 0.1) is 5.41 Å². The molecule has 0 aromatic heterocycles. The SMILES string of the molecule is CCOC1CC(N2CCCC3(CCCNC3)C2)C1. The number of hydrogen-bond donors (Lipinski definition) is 1. The molecule has 1 N–H and O–H groups in total. The summed E-state index contributed by atoms with van der Waals surface area (Å²) in [5, 5.41) is 3.62. The zero-order valence-electron chi connectivity index (χ0n) is 11.8. The molecule has 1 unspecified atom stereocenters. The molecular weight excluding hydrogens is 224 g/mol. The second kappa shape index (κ2) is 5.48. The van der Waals surface area contributed by atoms with Gasteiger partial charge in [-0.05, 0) is 64.0 Å². The van der Waals surface area contributed by atoms with Crippen molar-refractivity contribution in [3.63, 3.8) is 0 Å². The van der Waals surface area contributed by atoms with Crippen LogP contribution in [0.25, 0.3) is 0 Å². The fraction of sp³-hybridized carbons (Fsp3) is 1.00. The molecule has 0 aromatic rings. The molecule has 3 heteroatoms. The van der Waals surface area contributed by atoms with Crippen LogP contribution in [0.2, 0.25) is 0 Å². The number of nitrogens with zero attached hydrogens (tertiary/aromatic N) is 1. The van der Waals surface area contributed by atoms with E-state index in [2.05, 4.69) is 17.1 Å². The van der Waals surface area contributed by atoms with Crippen molar-refractivity contribution >= 4 is 0 Å². The number of likely N-dealkylation sites (tertiary alicyclic amines) is 1. The molecule has 104 valence electrons. The maximum atomic E-state index is 5.70. The minimum atomic E-state index is 0.558. The lowest BCUT2D eigenvalue weighted by Gasteiger charge is -2.51. The van der Waals surface area contributed by atoms with Gasteiger partial charge < -0.3 is 10.1 Å². The van der Waals surface area contributed by atoms with Gasteiger partial charge in [0.15, 0.2) is 0 Å². The fourth-order valence-electron chi connectivity index (χ4n) is 4.14. The van der Waals surface area contributed by atoms with E-state index >= 15 is 0 Å². The normalized spacial score (nSPS) is 41.8. The van der Waals surface area contributed by atoms with Crippen LogP contribution in [0.3, 0.4) is 0 Å². The van der Waals surface area contributed by atoms with E-state index in [0.29, 0.717) is 11.5 Å². The summed E-state index contributed by atoms with van der Waals surface area (Å²) in [4.78, 5) is 2.77. The average molecular weight is 252 g/mol. The molecule has 1 atom stereocenters. The minimum Gasteiger partial charge on any atom is -0.378 e. The summed E-state index contributed by atoms with van der Waals surface area (Å²) in [6, 6.07) is 0.820. The lowest BCUT2D eigenvalue weighted by molar-refractivity contribution is -0.0691.